The Bertz CT molecular complexity index is 1330. The molecule has 10 nitrogen and oxygen atoms in total. The number of hydrogen-bond donors (Lipinski definition) is 2. The second-order valence-electron chi connectivity index (χ2n) is 8.63. The van der Waals surface area contributed by atoms with E-state index in [1.165, 1.54) is 6.33 Å². The minimum absolute atomic E-state index is 0.390. The third-order valence-electron chi connectivity index (χ3n) is 5.90. The lowest BCUT2D eigenvalue weighted by Gasteiger charge is -2.24. The van der Waals surface area contributed by atoms with Crippen molar-refractivity contribution in [1.29, 1.82) is 0 Å². The summed E-state index contributed by atoms with van der Waals surface area (Å²) >= 11 is 0. The van der Waals surface area contributed by atoms with Crippen LogP contribution >= 0.6 is 0 Å². The highest BCUT2D eigenvalue weighted by molar-refractivity contribution is 5.95. The van der Waals surface area contributed by atoms with Gasteiger partial charge in [0.1, 0.15) is 17.8 Å². The van der Waals surface area contributed by atoms with E-state index < -0.39 is 0 Å². The SMILES string of the molecule is COc1ccc2c(c1)c(-c1ncnc(Nc3cc(N)c(N(C)CCN(C)C)cc3OC)n1)cn2C. The van der Waals surface area contributed by atoms with Crippen molar-refractivity contribution < 1.29 is 9.47 Å². The number of nitrogens with one attached hydrogen (secondary N) is 1. The molecule has 0 radical (unpaired) electrons. The van der Waals surface area contributed by atoms with Gasteiger partial charge < -0.3 is 34.9 Å². The van der Waals surface area contributed by atoms with Crippen LogP contribution in [0.15, 0.2) is 42.9 Å². The first-order valence-corrected chi connectivity index (χ1v) is 11.2. The predicted octanol–water partition coefficient (Wildman–Crippen LogP) is 3.37. The molecule has 0 aliphatic rings. The van der Waals surface area contributed by atoms with Crippen molar-refractivity contribution in [3.05, 3.63) is 42.9 Å². The molecule has 0 fully saturated rings. The molecule has 10 heteroatoms. The highest BCUT2D eigenvalue weighted by Gasteiger charge is 2.16. The zero-order valence-corrected chi connectivity index (χ0v) is 21.0. The van der Waals surface area contributed by atoms with Gasteiger partial charge in [0, 0.05) is 55.9 Å². The molecule has 0 bridgehead atoms. The number of ether oxygens (including phenoxy) is 2. The van der Waals surface area contributed by atoms with Crippen molar-refractivity contribution in [2.45, 2.75) is 0 Å². The average molecular weight is 477 g/mol. The van der Waals surface area contributed by atoms with Crippen LogP contribution in [0.4, 0.5) is 23.0 Å². The van der Waals surface area contributed by atoms with Crippen LogP contribution in [0.5, 0.6) is 11.5 Å². The third-order valence-corrected chi connectivity index (χ3v) is 5.90. The number of anilines is 4. The van der Waals surface area contributed by atoms with Crippen LogP contribution in [0.3, 0.4) is 0 Å². The Hall–Kier alpha value is -4.05. The number of aromatic nitrogens is 4. The molecule has 0 atom stereocenters. The van der Waals surface area contributed by atoms with Gasteiger partial charge in [0.25, 0.3) is 0 Å². The second-order valence-corrected chi connectivity index (χ2v) is 8.63. The molecule has 0 spiro atoms. The lowest BCUT2D eigenvalue weighted by Crippen LogP contribution is -2.29. The number of methoxy groups -OCH3 is 2. The molecular weight excluding hydrogens is 444 g/mol. The van der Waals surface area contributed by atoms with E-state index in [0.29, 0.717) is 28.9 Å². The monoisotopic (exact) mass is 476 g/mol. The fourth-order valence-corrected chi connectivity index (χ4v) is 3.94. The van der Waals surface area contributed by atoms with Crippen LogP contribution in [0, 0.1) is 0 Å². The topological polar surface area (TPSA) is 107 Å². The van der Waals surface area contributed by atoms with Crippen molar-refractivity contribution >= 4 is 33.9 Å². The van der Waals surface area contributed by atoms with Crippen LogP contribution in [0.2, 0.25) is 0 Å². The van der Waals surface area contributed by atoms with Crippen molar-refractivity contribution in [2.75, 3.05) is 64.4 Å². The molecular formula is C25H32N8O2. The maximum atomic E-state index is 6.40. The molecule has 2 heterocycles. The predicted molar refractivity (Wildman–Crippen MR) is 141 cm³/mol. The molecule has 2 aromatic carbocycles. The van der Waals surface area contributed by atoms with Crippen LogP contribution in [0.1, 0.15) is 0 Å². The van der Waals surface area contributed by atoms with Crippen LogP contribution < -0.4 is 25.4 Å². The summed E-state index contributed by atoms with van der Waals surface area (Å²) in [4.78, 5) is 17.6. The van der Waals surface area contributed by atoms with Gasteiger partial charge in [0.15, 0.2) is 5.82 Å². The minimum Gasteiger partial charge on any atom is -0.497 e. The highest BCUT2D eigenvalue weighted by atomic mass is 16.5. The molecule has 0 unspecified atom stereocenters. The summed E-state index contributed by atoms with van der Waals surface area (Å²) in [5.41, 5.74) is 10.5. The highest BCUT2D eigenvalue weighted by Crippen LogP contribution is 2.36. The fraction of sp³-hybridized carbons (Fsp3) is 0.320. The van der Waals surface area contributed by atoms with Gasteiger partial charge >= 0.3 is 0 Å². The summed E-state index contributed by atoms with van der Waals surface area (Å²) < 4.78 is 13.1. The Morgan fingerprint density at radius 1 is 1.03 bits per heavy atom. The zero-order chi connectivity index (χ0) is 25.1. The van der Waals surface area contributed by atoms with Crippen molar-refractivity contribution in [2.24, 2.45) is 7.05 Å². The Morgan fingerprint density at radius 3 is 2.54 bits per heavy atom. The molecule has 0 aliphatic carbocycles. The molecule has 35 heavy (non-hydrogen) atoms. The number of likely N-dealkylation sites (N-methyl/N-ethyl adjacent to an activating group) is 2. The molecule has 0 saturated carbocycles. The van der Waals surface area contributed by atoms with Gasteiger partial charge in [0.05, 0.1) is 31.3 Å². The Kier molecular flexibility index (Phi) is 6.92. The molecule has 3 N–H and O–H groups in total. The Labute approximate surface area is 205 Å². The summed E-state index contributed by atoms with van der Waals surface area (Å²) in [7, 11) is 11.4. The number of hydrogen-bond acceptors (Lipinski definition) is 9. The lowest BCUT2D eigenvalue weighted by atomic mass is 10.1. The van der Waals surface area contributed by atoms with E-state index in [4.69, 9.17) is 15.2 Å². The maximum absolute atomic E-state index is 6.40. The number of fused-ring (bicyclic) bond motifs is 1. The Morgan fingerprint density at radius 2 is 1.83 bits per heavy atom. The van der Waals surface area contributed by atoms with E-state index in [9.17, 15) is 0 Å². The summed E-state index contributed by atoms with van der Waals surface area (Å²) in [6, 6.07) is 9.70. The van der Waals surface area contributed by atoms with Gasteiger partial charge in [-0.3, -0.25) is 0 Å². The number of aryl methyl sites for hydroxylation is 1. The minimum atomic E-state index is 0.390. The number of benzene rings is 2. The summed E-state index contributed by atoms with van der Waals surface area (Å²) in [5.74, 6) is 2.35. The van der Waals surface area contributed by atoms with E-state index in [-0.39, 0.29) is 0 Å². The van der Waals surface area contributed by atoms with Gasteiger partial charge in [-0.2, -0.15) is 4.98 Å². The van der Waals surface area contributed by atoms with E-state index in [2.05, 4.69) is 30.1 Å². The summed E-state index contributed by atoms with van der Waals surface area (Å²) in [6.45, 7) is 1.74. The molecule has 4 rings (SSSR count). The van der Waals surface area contributed by atoms with Gasteiger partial charge in [-0.05, 0) is 38.4 Å². The van der Waals surface area contributed by atoms with Crippen molar-refractivity contribution in [3.8, 4) is 22.9 Å². The zero-order valence-electron chi connectivity index (χ0n) is 21.0. The second kappa shape index (κ2) is 10.1. The number of nitrogen functional groups attached to an aromatic ring is 1. The molecule has 0 amide bonds. The number of nitrogens with two attached hydrogens (primary N) is 1. The van der Waals surface area contributed by atoms with E-state index in [0.717, 1.165) is 41.0 Å². The number of nitrogens with zero attached hydrogens (tertiary/aromatic N) is 6. The molecule has 0 aliphatic heterocycles. The van der Waals surface area contributed by atoms with E-state index in [1.54, 1.807) is 14.2 Å². The van der Waals surface area contributed by atoms with Crippen molar-refractivity contribution in [3.63, 3.8) is 0 Å². The molecule has 0 saturated heterocycles. The molecule has 184 valence electrons. The van der Waals surface area contributed by atoms with Crippen molar-refractivity contribution in [1.82, 2.24) is 24.4 Å². The summed E-state index contributed by atoms with van der Waals surface area (Å²) in [6.07, 6.45) is 3.49. The quantitative estimate of drug-likeness (QED) is 0.352. The average Bonchev–Trinajstić information content (AvgIpc) is 3.18. The first-order chi connectivity index (χ1) is 16.8. The normalized spacial score (nSPS) is 11.2. The van der Waals surface area contributed by atoms with Crippen LogP contribution in [-0.4, -0.2) is 72.9 Å². The van der Waals surface area contributed by atoms with Crippen LogP contribution in [0.25, 0.3) is 22.3 Å². The van der Waals surface area contributed by atoms with Gasteiger partial charge in [-0.25, -0.2) is 9.97 Å². The van der Waals surface area contributed by atoms with Gasteiger partial charge in [-0.15, -0.1) is 0 Å². The van der Waals surface area contributed by atoms with Crippen LogP contribution in [-0.2, 0) is 7.05 Å². The largest absolute Gasteiger partial charge is 0.497 e. The third kappa shape index (κ3) is 5.07. The smallest absolute Gasteiger partial charge is 0.230 e. The molecule has 4 aromatic rings. The maximum Gasteiger partial charge on any atom is 0.230 e. The summed E-state index contributed by atoms with van der Waals surface area (Å²) in [5, 5.41) is 4.24. The molecule has 2 aromatic heterocycles. The fourth-order valence-electron chi connectivity index (χ4n) is 3.94. The lowest BCUT2D eigenvalue weighted by molar-refractivity contribution is 0.413. The first kappa shape index (κ1) is 24.1. The van der Waals surface area contributed by atoms with E-state index >= 15 is 0 Å². The first-order valence-electron chi connectivity index (χ1n) is 11.2. The van der Waals surface area contributed by atoms with Gasteiger partial charge in [0.2, 0.25) is 5.95 Å². The van der Waals surface area contributed by atoms with E-state index in [1.807, 2.05) is 69.3 Å². The number of rotatable bonds is 9. The van der Waals surface area contributed by atoms with Gasteiger partial charge in [-0.1, -0.05) is 0 Å². The Balaban J connectivity index is 1.65. The standard InChI is InChI=1S/C25H32N8O2/c1-31(2)9-10-32(3)22-13-23(35-6)20(12-19(22)26)29-25-28-15-27-24(30-25)18-14-33(4)21-8-7-16(34-5)11-17(18)21/h7-8,11-15H,9-10,26H2,1-6H3,(H,27,28,29,30).